The number of hydrogen-bond acceptors (Lipinski definition) is 6. The minimum Gasteiger partial charge on any atom is -0.494 e. The van der Waals surface area contributed by atoms with Crippen LogP contribution in [-0.4, -0.2) is 37.4 Å². The summed E-state index contributed by atoms with van der Waals surface area (Å²) in [6.45, 7) is 30.3. The summed E-state index contributed by atoms with van der Waals surface area (Å²) in [6, 6.07) is 15.6. The minimum atomic E-state index is -0.227. The lowest BCUT2D eigenvalue weighted by Crippen LogP contribution is -2.51. The summed E-state index contributed by atoms with van der Waals surface area (Å²) < 4.78 is 23.0. The van der Waals surface area contributed by atoms with Gasteiger partial charge in [-0.15, -0.1) is 0 Å². The Labute approximate surface area is 499 Å². The Hall–Kier alpha value is -4.06. The van der Waals surface area contributed by atoms with E-state index in [9.17, 15) is 9.59 Å². The number of ether oxygens (including phenoxy) is 4. The molecule has 0 aliphatic heterocycles. The fourth-order valence-electron chi connectivity index (χ4n) is 19.9. The lowest BCUT2D eigenvalue weighted by Gasteiger charge is -2.58. The van der Waals surface area contributed by atoms with Gasteiger partial charge in [0.25, 0.3) is 0 Å². The number of rotatable bonds is 20. The molecule has 10 rings (SSSR count). The van der Waals surface area contributed by atoms with E-state index >= 15 is 0 Å². The molecule has 0 spiro atoms. The van der Waals surface area contributed by atoms with Crippen LogP contribution in [0.15, 0.2) is 84.0 Å². The summed E-state index contributed by atoms with van der Waals surface area (Å²) in [5, 5.41) is 0. The number of hydrogen-bond donors (Lipinski definition) is 0. The quantitative estimate of drug-likeness (QED) is 0.0747. The number of carbonyl (C=O) groups is 2. The van der Waals surface area contributed by atoms with Crippen LogP contribution in [0, 0.1) is 92.7 Å². The van der Waals surface area contributed by atoms with Crippen LogP contribution in [0.3, 0.4) is 0 Å². The number of carbonyl (C=O) groups excluding carboxylic acids is 2. The molecule has 0 unspecified atom stereocenters. The third kappa shape index (κ3) is 13.8. The van der Waals surface area contributed by atoms with Crippen LogP contribution in [-0.2, 0) is 19.1 Å². The van der Waals surface area contributed by atoms with Crippen molar-refractivity contribution >= 4 is 24.1 Å². The Kier molecular flexibility index (Phi) is 20.7. The molecular formula is C76H112O6. The fraction of sp³-hybridized carbons (Fsp3) is 0.711. The van der Waals surface area contributed by atoms with Crippen molar-refractivity contribution in [3.8, 4) is 11.5 Å². The molecule has 0 heterocycles. The summed E-state index contributed by atoms with van der Waals surface area (Å²) in [6.07, 6.45) is 40.4. The Balaban J connectivity index is 0.000000198. The topological polar surface area (TPSA) is 71.1 Å². The molecule has 16 atom stereocenters. The third-order valence-electron chi connectivity index (χ3n) is 24.3. The molecule has 0 saturated heterocycles. The summed E-state index contributed by atoms with van der Waals surface area (Å²) in [4.78, 5) is 25.4. The van der Waals surface area contributed by atoms with E-state index in [1.165, 1.54) is 103 Å². The smallest absolute Gasteiger partial charge is 0.331 e. The van der Waals surface area contributed by atoms with E-state index in [4.69, 9.17) is 18.9 Å². The van der Waals surface area contributed by atoms with E-state index in [0.717, 1.165) is 132 Å². The molecule has 6 nitrogen and oxygen atoms in total. The van der Waals surface area contributed by atoms with Gasteiger partial charge in [0.2, 0.25) is 0 Å². The van der Waals surface area contributed by atoms with Crippen LogP contribution in [0.5, 0.6) is 11.5 Å². The molecule has 82 heavy (non-hydrogen) atoms. The molecular weight excluding hydrogens is 1010 g/mol. The molecule has 6 saturated carbocycles. The van der Waals surface area contributed by atoms with Crippen molar-refractivity contribution in [1.29, 1.82) is 0 Å². The van der Waals surface area contributed by atoms with Gasteiger partial charge in [-0.1, -0.05) is 155 Å². The van der Waals surface area contributed by atoms with Gasteiger partial charge in [0.05, 0.1) is 13.2 Å². The highest BCUT2D eigenvalue weighted by Gasteiger charge is 2.61. The molecule has 0 aromatic heterocycles. The highest BCUT2D eigenvalue weighted by atomic mass is 16.5. The van der Waals surface area contributed by atoms with Crippen LogP contribution in [0.1, 0.15) is 235 Å². The SMILES string of the molecule is CCOc1ccc(/C=C/C(=O)O[C@H]2CC[C@@]3(C)C(=CC[C@H]4[C@@H]5CC[C@H]([C@H](C)CCCC(C)C)[C@@]5(C)CC[C@@H]43)C2)cc1.CCOc1ccc(/C=C/C(=O)O[C@H]2CC[C@@]3(C)C(=CC[C@H]4[C@@H]5CC[C@H]([C@H](C)CCCC(C)C)[C@@]5(C)CC[C@@H]43)C2)cc1. The van der Waals surface area contributed by atoms with Crippen molar-refractivity contribution < 1.29 is 28.5 Å². The van der Waals surface area contributed by atoms with E-state index in [1.807, 2.05) is 74.5 Å². The average molecular weight is 1120 g/mol. The molecule has 0 N–H and O–H groups in total. The van der Waals surface area contributed by atoms with Crippen molar-refractivity contribution in [2.24, 2.45) is 92.7 Å². The van der Waals surface area contributed by atoms with Gasteiger partial charge in [0.15, 0.2) is 0 Å². The van der Waals surface area contributed by atoms with Gasteiger partial charge in [-0.3, -0.25) is 0 Å². The van der Waals surface area contributed by atoms with Crippen LogP contribution in [0.4, 0.5) is 0 Å². The van der Waals surface area contributed by atoms with Gasteiger partial charge < -0.3 is 18.9 Å². The van der Waals surface area contributed by atoms with Gasteiger partial charge in [0, 0.05) is 25.0 Å². The van der Waals surface area contributed by atoms with Crippen LogP contribution >= 0.6 is 0 Å². The molecule has 2 aromatic carbocycles. The van der Waals surface area contributed by atoms with Crippen molar-refractivity contribution in [2.75, 3.05) is 13.2 Å². The van der Waals surface area contributed by atoms with Gasteiger partial charge in [-0.05, 0) is 244 Å². The molecule has 0 amide bonds. The van der Waals surface area contributed by atoms with Gasteiger partial charge >= 0.3 is 11.9 Å². The third-order valence-corrected chi connectivity index (χ3v) is 24.3. The Morgan fingerprint density at radius 1 is 0.500 bits per heavy atom. The molecule has 8 aliphatic rings. The number of benzene rings is 2. The Morgan fingerprint density at radius 2 is 0.890 bits per heavy atom. The zero-order chi connectivity index (χ0) is 58.4. The van der Waals surface area contributed by atoms with E-state index in [2.05, 4.69) is 81.4 Å². The highest BCUT2D eigenvalue weighted by Crippen LogP contribution is 2.69. The number of esters is 2. The first-order chi connectivity index (χ1) is 39.3. The second-order valence-corrected chi connectivity index (χ2v) is 29.9. The maximum Gasteiger partial charge on any atom is 0.331 e. The molecule has 0 bridgehead atoms. The van der Waals surface area contributed by atoms with Crippen molar-refractivity contribution in [3.63, 3.8) is 0 Å². The van der Waals surface area contributed by atoms with Crippen molar-refractivity contribution in [1.82, 2.24) is 0 Å². The summed E-state index contributed by atoms with van der Waals surface area (Å²) in [5.74, 6) is 11.5. The predicted molar refractivity (Wildman–Crippen MR) is 339 cm³/mol. The predicted octanol–water partition coefficient (Wildman–Crippen LogP) is 20.1. The lowest BCUT2D eigenvalue weighted by atomic mass is 9.47. The summed E-state index contributed by atoms with van der Waals surface area (Å²) >= 11 is 0. The zero-order valence-corrected chi connectivity index (χ0v) is 53.6. The average Bonchev–Trinajstić information content (AvgIpc) is 3.70. The van der Waals surface area contributed by atoms with E-state index < -0.39 is 0 Å². The minimum absolute atomic E-state index is 0.000221. The molecule has 6 heteroatoms. The molecule has 0 radical (unpaired) electrons. The van der Waals surface area contributed by atoms with Crippen LogP contribution in [0.2, 0.25) is 0 Å². The Bertz CT molecular complexity index is 2370. The number of allylic oxidation sites excluding steroid dienone is 2. The Morgan fingerprint density at radius 3 is 1.26 bits per heavy atom. The maximum absolute atomic E-state index is 12.7. The van der Waals surface area contributed by atoms with E-state index in [-0.39, 0.29) is 35.0 Å². The first-order valence-corrected chi connectivity index (χ1v) is 33.9. The maximum atomic E-state index is 12.7. The van der Waals surface area contributed by atoms with Crippen molar-refractivity contribution in [2.45, 2.75) is 237 Å². The number of fused-ring (bicyclic) bond motifs is 10. The molecule has 8 aliphatic carbocycles. The lowest BCUT2D eigenvalue weighted by molar-refractivity contribution is -0.146. The second kappa shape index (κ2) is 27.1. The van der Waals surface area contributed by atoms with Crippen molar-refractivity contribution in [3.05, 3.63) is 95.1 Å². The first kappa shape index (κ1) is 62.5. The standard InChI is InChI=1S/2C38H56O3/c2*1-7-40-30-15-11-28(12-16-30)13-20-36(39)41-31-21-23-37(5)29(25-31)14-17-32-34-19-18-33(27(4)10-8-9-26(2)3)38(34,6)24-22-35(32)37/h2*11-16,20,26-27,31-35H,7-10,17-19,21-25H2,1-6H3/b2*20-13+/t2*27-,31+,32+,33-,34+,35+,37+,38-/m11/s1. The normalized spacial score (nSPS) is 35.4. The fourth-order valence-corrected chi connectivity index (χ4v) is 19.9. The first-order valence-electron chi connectivity index (χ1n) is 33.9. The van der Waals surface area contributed by atoms with Crippen LogP contribution in [0.25, 0.3) is 12.2 Å². The van der Waals surface area contributed by atoms with E-state index in [1.54, 1.807) is 23.3 Å². The highest BCUT2D eigenvalue weighted by molar-refractivity contribution is 5.87. The largest absolute Gasteiger partial charge is 0.494 e. The zero-order valence-electron chi connectivity index (χ0n) is 53.6. The van der Waals surface area contributed by atoms with E-state index in [0.29, 0.717) is 24.0 Å². The molecule has 2 aromatic rings. The summed E-state index contributed by atoms with van der Waals surface area (Å²) in [5.41, 5.74) is 6.75. The summed E-state index contributed by atoms with van der Waals surface area (Å²) in [7, 11) is 0. The monoisotopic (exact) mass is 1120 g/mol. The van der Waals surface area contributed by atoms with Gasteiger partial charge in [-0.25, -0.2) is 9.59 Å². The van der Waals surface area contributed by atoms with Crippen LogP contribution < -0.4 is 9.47 Å². The molecule has 452 valence electrons. The second-order valence-electron chi connectivity index (χ2n) is 29.9. The molecule has 6 fully saturated rings. The van der Waals surface area contributed by atoms with Gasteiger partial charge in [-0.2, -0.15) is 0 Å². The van der Waals surface area contributed by atoms with Gasteiger partial charge in [0.1, 0.15) is 23.7 Å².